The highest BCUT2D eigenvalue weighted by Gasteiger charge is 2.16. The molecule has 0 saturated heterocycles. The monoisotopic (exact) mass is 464 g/mol. The first-order valence-corrected chi connectivity index (χ1v) is 11.5. The number of H-pyrrole nitrogens is 1. The molecule has 0 bridgehead atoms. The SMILES string of the molecule is CCOC(=O)c1ccccc1NC(=O)CSc1nnc(CCc2nc3ccccc3[nH]2)n1C. The number of ether oxygens (including phenoxy) is 1. The summed E-state index contributed by atoms with van der Waals surface area (Å²) in [4.78, 5) is 32.5. The van der Waals surface area contributed by atoms with Crippen molar-refractivity contribution in [1.29, 1.82) is 0 Å². The number of nitrogens with one attached hydrogen (secondary N) is 2. The fourth-order valence-corrected chi connectivity index (χ4v) is 4.07. The lowest BCUT2D eigenvalue weighted by Gasteiger charge is -2.10. The van der Waals surface area contributed by atoms with E-state index in [1.807, 2.05) is 35.9 Å². The molecule has 170 valence electrons. The third-order valence-corrected chi connectivity index (χ3v) is 6.00. The van der Waals surface area contributed by atoms with E-state index >= 15 is 0 Å². The fourth-order valence-electron chi connectivity index (χ4n) is 3.34. The van der Waals surface area contributed by atoms with Crippen LogP contribution >= 0.6 is 11.8 Å². The summed E-state index contributed by atoms with van der Waals surface area (Å²) in [5.41, 5.74) is 2.70. The van der Waals surface area contributed by atoms with Gasteiger partial charge in [0.25, 0.3) is 0 Å². The van der Waals surface area contributed by atoms with Crippen molar-refractivity contribution >= 4 is 40.4 Å². The number of aromatic amines is 1. The van der Waals surface area contributed by atoms with Crippen LogP contribution in [0, 0.1) is 0 Å². The first-order chi connectivity index (χ1) is 16.0. The molecule has 10 heteroatoms. The van der Waals surface area contributed by atoms with Gasteiger partial charge in [-0.2, -0.15) is 0 Å². The summed E-state index contributed by atoms with van der Waals surface area (Å²) in [5.74, 6) is 1.12. The number of hydrogen-bond acceptors (Lipinski definition) is 7. The van der Waals surface area contributed by atoms with E-state index in [2.05, 4.69) is 25.5 Å². The number of hydrogen-bond donors (Lipinski definition) is 2. The summed E-state index contributed by atoms with van der Waals surface area (Å²) in [6.07, 6.45) is 1.37. The number of anilines is 1. The van der Waals surface area contributed by atoms with Crippen LogP contribution in [0.5, 0.6) is 0 Å². The molecule has 4 rings (SSSR count). The highest BCUT2D eigenvalue weighted by Crippen LogP contribution is 2.20. The van der Waals surface area contributed by atoms with Gasteiger partial charge in [-0.15, -0.1) is 10.2 Å². The number of imidazole rings is 1. The summed E-state index contributed by atoms with van der Waals surface area (Å²) in [5, 5.41) is 11.9. The molecule has 0 aliphatic carbocycles. The molecule has 2 N–H and O–H groups in total. The van der Waals surface area contributed by atoms with Crippen LogP contribution < -0.4 is 5.32 Å². The molecule has 2 heterocycles. The fraction of sp³-hybridized carbons (Fsp3) is 0.261. The molecule has 0 fully saturated rings. The highest BCUT2D eigenvalue weighted by atomic mass is 32.2. The molecule has 1 amide bonds. The van der Waals surface area contributed by atoms with Gasteiger partial charge in [0.1, 0.15) is 11.6 Å². The average molecular weight is 465 g/mol. The molecule has 0 saturated carbocycles. The lowest BCUT2D eigenvalue weighted by molar-refractivity contribution is -0.113. The van der Waals surface area contributed by atoms with E-state index in [0.29, 0.717) is 29.2 Å². The number of rotatable bonds is 9. The normalized spacial score (nSPS) is 11.0. The van der Waals surface area contributed by atoms with Gasteiger partial charge in [-0.1, -0.05) is 36.0 Å². The van der Waals surface area contributed by atoms with Gasteiger partial charge in [0.2, 0.25) is 5.91 Å². The van der Waals surface area contributed by atoms with Crippen molar-refractivity contribution < 1.29 is 14.3 Å². The Hall–Kier alpha value is -3.66. The smallest absolute Gasteiger partial charge is 0.340 e. The number of benzene rings is 2. The van der Waals surface area contributed by atoms with Crippen LogP contribution in [0.3, 0.4) is 0 Å². The lowest BCUT2D eigenvalue weighted by Crippen LogP contribution is -2.17. The first-order valence-electron chi connectivity index (χ1n) is 10.6. The Balaban J connectivity index is 1.33. The zero-order valence-corrected chi connectivity index (χ0v) is 19.2. The van der Waals surface area contributed by atoms with Crippen LogP contribution in [0.4, 0.5) is 5.69 Å². The number of esters is 1. The number of carbonyl (C=O) groups is 2. The van der Waals surface area contributed by atoms with Gasteiger partial charge in [0.15, 0.2) is 5.16 Å². The number of fused-ring (bicyclic) bond motifs is 1. The molecule has 33 heavy (non-hydrogen) atoms. The van der Waals surface area contributed by atoms with E-state index in [1.165, 1.54) is 11.8 Å². The number of aryl methyl sites for hydroxylation is 2. The van der Waals surface area contributed by atoms with Crippen molar-refractivity contribution in [2.24, 2.45) is 7.05 Å². The second-order valence-corrected chi connectivity index (χ2v) is 8.20. The molecule has 2 aromatic heterocycles. The van der Waals surface area contributed by atoms with Gasteiger partial charge in [-0.25, -0.2) is 9.78 Å². The van der Waals surface area contributed by atoms with E-state index in [9.17, 15) is 9.59 Å². The van der Waals surface area contributed by atoms with E-state index in [1.54, 1.807) is 31.2 Å². The van der Waals surface area contributed by atoms with Crippen molar-refractivity contribution in [2.45, 2.75) is 24.9 Å². The number of carbonyl (C=O) groups excluding carboxylic acids is 2. The minimum Gasteiger partial charge on any atom is -0.462 e. The maximum absolute atomic E-state index is 12.5. The largest absolute Gasteiger partial charge is 0.462 e. The van der Waals surface area contributed by atoms with Gasteiger partial charge in [0.05, 0.1) is 34.6 Å². The quantitative estimate of drug-likeness (QED) is 0.288. The molecule has 0 aliphatic rings. The molecule has 0 radical (unpaired) electrons. The number of thioether (sulfide) groups is 1. The van der Waals surface area contributed by atoms with Gasteiger partial charge < -0.3 is 19.6 Å². The second-order valence-electron chi connectivity index (χ2n) is 7.26. The molecular formula is C23H24N6O3S. The molecule has 0 spiro atoms. The molecule has 0 atom stereocenters. The Bertz CT molecular complexity index is 1250. The van der Waals surface area contributed by atoms with Crippen molar-refractivity contribution in [3.05, 3.63) is 65.7 Å². The molecule has 0 unspecified atom stereocenters. The van der Waals surface area contributed by atoms with E-state index in [-0.39, 0.29) is 18.3 Å². The van der Waals surface area contributed by atoms with Gasteiger partial charge in [-0.3, -0.25) is 4.79 Å². The van der Waals surface area contributed by atoms with Crippen molar-refractivity contribution in [1.82, 2.24) is 24.7 Å². The van der Waals surface area contributed by atoms with Crippen LogP contribution in [0.25, 0.3) is 11.0 Å². The maximum Gasteiger partial charge on any atom is 0.340 e. The number of aromatic nitrogens is 5. The molecule has 4 aromatic rings. The van der Waals surface area contributed by atoms with Gasteiger partial charge >= 0.3 is 5.97 Å². The highest BCUT2D eigenvalue weighted by molar-refractivity contribution is 7.99. The predicted molar refractivity (Wildman–Crippen MR) is 126 cm³/mol. The van der Waals surface area contributed by atoms with Crippen molar-refractivity contribution in [3.8, 4) is 0 Å². The van der Waals surface area contributed by atoms with Gasteiger partial charge in [-0.05, 0) is 31.2 Å². The molecule has 2 aromatic carbocycles. The number of para-hydroxylation sites is 3. The summed E-state index contributed by atoms with van der Waals surface area (Å²) in [6, 6.07) is 14.7. The van der Waals surface area contributed by atoms with E-state index < -0.39 is 5.97 Å². The molecular weight excluding hydrogens is 440 g/mol. The van der Waals surface area contributed by atoms with Crippen LogP contribution in [0.2, 0.25) is 0 Å². The molecule has 9 nitrogen and oxygen atoms in total. The third-order valence-electron chi connectivity index (χ3n) is 4.98. The van der Waals surface area contributed by atoms with Crippen LogP contribution in [0.15, 0.2) is 53.7 Å². The van der Waals surface area contributed by atoms with E-state index in [4.69, 9.17) is 4.74 Å². The Kier molecular flexibility index (Phi) is 7.04. The summed E-state index contributed by atoms with van der Waals surface area (Å²) >= 11 is 1.28. The summed E-state index contributed by atoms with van der Waals surface area (Å²) < 4.78 is 6.93. The molecule has 0 aliphatic heterocycles. The number of nitrogens with zero attached hydrogens (tertiary/aromatic N) is 4. The van der Waals surface area contributed by atoms with Crippen molar-refractivity contribution in [3.63, 3.8) is 0 Å². The summed E-state index contributed by atoms with van der Waals surface area (Å²) in [7, 11) is 1.88. The Morgan fingerprint density at radius 3 is 2.70 bits per heavy atom. The zero-order chi connectivity index (χ0) is 23.2. The summed E-state index contributed by atoms with van der Waals surface area (Å²) in [6.45, 7) is 2.00. The predicted octanol–water partition coefficient (Wildman–Crippen LogP) is 3.38. The zero-order valence-electron chi connectivity index (χ0n) is 18.4. The minimum absolute atomic E-state index is 0.132. The topological polar surface area (TPSA) is 115 Å². The number of amides is 1. The third kappa shape index (κ3) is 5.40. The van der Waals surface area contributed by atoms with Crippen molar-refractivity contribution in [2.75, 3.05) is 17.7 Å². The Labute approximate surface area is 195 Å². The maximum atomic E-state index is 12.5. The first kappa shape index (κ1) is 22.5. The van der Waals surface area contributed by atoms with Crippen LogP contribution in [0.1, 0.15) is 28.9 Å². The standard InChI is InChI=1S/C23H24N6O3S/c1-3-32-22(31)15-8-4-5-9-16(15)26-21(30)14-33-23-28-27-20(29(23)2)13-12-19-24-17-10-6-7-11-18(17)25-19/h4-11H,3,12-14H2,1-2H3,(H,24,25)(H,26,30). The Morgan fingerprint density at radius 2 is 1.88 bits per heavy atom. The van der Waals surface area contributed by atoms with Crippen LogP contribution in [-0.4, -0.2) is 49.0 Å². The van der Waals surface area contributed by atoms with Gasteiger partial charge in [0, 0.05) is 19.9 Å². The lowest BCUT2D eigenvalue weighted by atomic mass is 10.2. The minimum atomic E-state index is -0.469. The Morgan fingerprint density at radius 1 is 1.09 bits per heavy atom. The second kappa shape index (κ2) is 10.3. The van der Waals surface area contributed by atoms with Crippen LogP contribution in [-0.2, 0) is 29.4 Å². The van der Waals surface area contributed by atoms with E-state index in [0.717, 1.165) is 22.7 Å². The average Bonchev–Trinajstić information content (AvgIpc) is 3.39.